The minimum Gasteiger partial charge on any atom is -0.492 e. The average molecular weight is 270 g/mol. The van der Waals surface area contributed by atoms with E-state index in [9.17, 15) is 0 Å². The first-order valence-corrected chi connectivity index (χ1v) is 7.59. The third-order valence-corrected chi connectivity index (χ3v) is 4.77. The van der Waals surface area contributed by atoms with Crippen LogP contribution in [0, 0.1) is 36.5 Å². The molecule has 3 atom stereocenters. The Morgan fingerprint density at radius 1 is 1.30 bits per heavy atom. The molecule has 3 unspecified atom stereocenters. The second-order valence-electron chi connectivity index (χ2n) is 6.21. The molecule has 0 spiro atoms. The zero-order valence-corrected chi connectivity index (χ0v) is 12.1. The number of fused-ring (bicyclic) bond motifs is 2. The molecule has 2 aliphatic carbocycles. The van der Waals surface area contributed by atoms with Gasteiger partial charge >= 0.3 is 0 Å². The fourth-order valence-electron chi connectivity index (χ4n) is 3.78. The molecule has 0 saturated heterocycles. The summed E-state index contributed by atoms with van der Waals surface area (Å²) in [6, 6.07) is 6.09. The number of ether oxygens (including phenoxy) is 1. The van der Waals surface area contributed by atoms with Crippen molar-refractivity contribution in [3.05, 3.63) is 29.3 Å². The summed E-state index contributed by atoms with van der Waals surface area (Å²) in [5.74, 6) is 9.14. The molecule has 0 heterocycles. The van der Waals surface area contributed by atoms with Gasteiger partial charge in [-0.3, -0.25) is 0 Å². The fraction of sp³-hybridized carbons (Fsp3) is 0.556. The van der Waals surface area contributed by atoms with Crippen LogP contribution >= 0.6 is 0 Å². The molecule has 2 bridgehead atoms. The monoisotopic (exact) mass is 270 g/mol. The summed E-state index contributed by atoms with van der Waals surface area (Å²) in [5, 5.41) is 8.85. The normalized spacial score (nSPS) is 27.2. The molecule has 3 rings (SSSR count). The predicted molar refractivity (Wildman–Crippen MR) is 79.6 cm³/mol. The Kier molecular flexibility index (Phi) is 3.98. The molecule has 2 saturated carbocycles. The molecular formula is C18H22O2. The highest BCUT2D eigenvalue weighted by atomic mass is 16.5. The second kappa shape index (κ2) is 5.89. The third kappa shape index (κ3) is 2.83. The molecule has 1 aromatic carbocycles. The molecule has 1 aromatic rings. The maximum atomic E-state index is 8.85. The average Bonchev–Trinajstić information content (AvgIpc) is 3.06. The quantitative estimate of drug-likeness (QED) is 0.855. The van der Waals surface area contributed by atoms with Crippen molar-refractivity contribution in [2.24, 2.45) is 17.8 Å². The highest BCUT2D eigenvalue weighted by molar-refractivity contribution is 5.48. The van der Waals surface area contributed by atoms with E-state index in [4.69, 9.17) is 9.84 Å². The molecular weight excluding hydrogens is 248 g/mol. The van der Waals surface area contributed by atoms with Gasteiger partial charge in [-0.15, -0.1) is 0 Å². The number of rotatable bonds is 3. The van der Waals surface area contributed by atoms with Crippen LogP contribution in [0.1, 0.15) is 36.8 Å². The van der Waals surface area contributed by atoms with Gasteiger partial charge in [0.2, 0.25) is 0 Å². The third-order valence-electron chi connectivity index (χ3n) is 4.77. The predicted octanol–water partition coefficient (Wildman–Crippen LogP) is 3.15. The lowest BCUT2D eigenvalue weighted by Crippen LogP contribution is -2.18. The lowest BCUT2D eigenvalue weighted by atomic mass is 9.89. The van der Waals surface area contributed by atoms with Crippen LogP contribution in [-0.4, -0.2) is 18.3 Å². The number of hydrogen-bond acceptors (Lipinski definition) is 2. The maximum absolute atomic E-state index is 8.85. The van der Waals surface area contributed by atoms with Gasteiger partial charge in [0, 0.05) is 0 Å². The minimum atomic E-state index is -0.111. The number of benzene rings is 1. The molecule has 20 heavy (non-hydrogen) atoms. The van der Waals surface area contributed by atoms with Crippen LogP contribution in [0.2, 0.25) is 0 Å². The van der Waals surface area contributed by atoms with Gasteiger partial charge in [-0.25, -0.2) is 0 Å². The molecule has 0 aromatic heterocycles. The van der Waals surface area contributed by atoms with E-state index in [1.807, 2.05) is 19.1 Å². The van der Waals surface area contributed by atoms with Crippen molar-refractivity contribution in [2.45, 2.75) is 32.6 Å². The summed E-state index contributed by atoms with van der Waals surface area (Å²) in [4.78, 5) is 0. The van der Waals surface area contributed by atoms with E-state index in [0.717, 1.165) is 35.7 Å². The Balaban J connectivity index is 1.67. The molecule has 2 heteroatoms. The SMILES string of the molecule is Cc1ccc(OCC2CC3CCC2C3)c(C#CCO)c1. The first kappa shape index (κ1) is 13.5. The van der Waals surface area contributed by atoms with E-state index in [1.54, 1.807) is 0 Å². The summed E-state index contributed by atoms with van der Waals surface area (Å²) >= 11 is 0. The number of aliphatic hydroxyl groups excluding tert-OH is 1. The topological polar surface area (TPSA) is 29.5 Å². The Bertz CT molecular complexity index is 538. The van der Waals surface area contributed by atoms with Crippen LogP contribution in [0.15, 0.2) is 18.2 Å². The number of aryl methyl sites for hydroxylation is 1. The first-order chi connectivity index (χ1) is 9.76. The van der Waals surface area contributed by atoms with Gasteiger partial charge in [-0.1, -0.05) is 24.3 Å². The molecule has 0 aliphatic heterocycles. The van der Waals surface area contributed by atoms with Gasteiger partial charge < -0.3 is 9.84 Å². The van der Waals surface area contributed by atoms with Crippen molar-refractivity contribution in [3.8, 4) is 17.6 Å². The lowest BCUT2D eigenvalue weighted by molar-refractivity contribution is 0.195. The van der Waals surface area contributed by atoms with Crippen LogP contribution in [0.4, 0.5) is 0 Å². The van der Waals surface area contributed by atoms with Gasteiger partial charge in [0.05, 0.1) is 12.2 Å². The fourth-order valence-corrected chi connectivity index (χ4v) is 3.78. The van der Waals surface area contributed by atoms with Gasteiger partial charge in [0.1, 0.15) is 12.4 Å². The zero-order valence-electron chi connectivity index (χ0n) is 12.1. The van der Waals surface area contributed by atoms with Crippen molar-refractivity contribution in [1.29, 1.82) is 0 Å². The largest absolute Gasteiger partial charge is 0.492 e. The van der Waals surface area contributed by atoms with Crippen LogP contribution in [0.5, 0.6) is 5.75 Å². The van der Waals surface area contributed by atoms with E-state index in [-0.39, 0.29) is 6.61 Å². The van der Waals surface area contributed by atoms with Crippen LogP contribution in [0.3, 0.4) is 0 Å². The Morgan fingerprint density at radius 2 is 2.20 bits per heavy atom. The lowest BCUT2D eigenvalue weighted by Gasteiger charge is -2.22. The van der Waals surface area contributed by atoms with Crippen molar-refractivity contribution < 1.29 is 9.84 Å². The molecule has 2 fully saturated rings. The molecule has 1 N–H and O–H groups in total. The van der Waals surface area contributed by atoms with E-state index >= 15 is 0 Å². The van der Waals surface area contributed by atoms with Gasteiger partial charge in [0.15, 0.2) is 0 Å². The van der Waals surface area contributed by atoms with Gasteiger partial charge in [-0.05, 0) is 61.6 Å². The highest BCUT2D eigenvalue weighted by Gasteiger charge is 2.39. The highest BCUT2D eigenvalue weighted by Crippen LogP contribution is 2.48. The van der Waals surface area contributed by atoms with Crippen molar-refractivity contribution in [2.75, 3.05) is 13.2 Å². The number of aliphatic hydroxyl groups is 1. The second-order valence-corrected chi connectivity index (χ2v) is 6.21. The van der Waals surface area contributed by atoms with E-state index in [1.165, 1.54) is 31.2 Å². The Morgan fingerprint density at radius 3 is 2.90 bits per heavy atom. The van der Waals surface area contributed by atoms with Crippen molar-refractivity contribution in [1.82, 2.24) is 0 Å². The summed E-state index contributed by atoms with van der Waals surface area (Å²) in [5.41, 5.74) is 2.06. The van der Waals surface area contributed by atoms with Crippen molar-refractivity contribution >= 4 is 0 Å². The Labute approximate surface area is 121 Å². The molecule has 0 radical (unpaired) electrons. The van der Waals surface area contributed by atoms with E-state index < -0.39 is 0 Å². The summed E-state index contributed by atoms with van der Waals surface area (Å²) in [6.45, 7) is 2.75. The minimum absolute atomic E-state index is 0.111. The molecule has 106 valence electrons. The van der Waals surface area contributed by atoms with Gasteiger partial charge in [-0.2, -0.15) is 0 Å². The molecule has 2 nitrogen and oxygen atoms in total. The first-order valence-electron chi connectivity index (χ1n) is 7.59. The van der Waals surface area contributed by atoms with E-state index in [0.29, 0.717) is 0 Å². The van der Waals surface area contributed by atoms with Crippen molar-refractivity contribution in [3.63, 3.8) is 0 Å². The van der Waals surface area contributed by atoms with E-state index in [2.05, 4.69) is 17.9 Å². The zero-order chi connectivity index (χ0) is 13.9. The summed E-state index contributed by atoms with van der Waals surface area (Å²) in [7, 11) is 0. The summed E-state index contributed by atoms with van der Waals surface area (Å²) < 4.78 is 6.04. The van der Waals surface area contributed by atoms with Gasteiger partial charge in [0.25, 0.3) is 0 Å². The van der Waals surface area contributed by atoms with Crippen LogP contribution < -0.4 is 4.74 Å². The smallest absolute Gasteiger partial charge is 0.134 e. The molecule has 0 amide bonds. The Hall–Kier alpha value is -1.46. The summed E-state index contributed by atoms with van der Waals surface area (Å²) in [6.07, 6.45) is 5.58. The number of hydrogen-bond donors (Lipinski definition) is 1. The standard InChI is InChI=1S/C18H22O2/c1-13-4-7-18(16(9-13)3-2-8-19)20-12-17-11-14-5-6-15(17)10-14/h4,7,9,14-15,17,19H,5-6,8,10-12H2,1H3. The molecule has 2 aliphatic rings. The maximum Gasteiger partial charge on any atom is 0.134 e. The van der Waals surface area contributed by atoms with Crippen LogP contribution in [0.25, 0.3) is 0 Å². The van der Waals surface area contributed by atoms with Crippen LogP contribution in [-0.2, 0) is 0 Å².